The summed E-state index contributed by atoms with van der Waals surface area (Å²) in [5, 5.41) is 0.869. The third-order valence-electron chi connectivity index (χ3n) is 3.00. The van der Waals surface area contributed by atoms with Crippen molar-refractivity contribution >= 4 is 21.8 Å². The summed E-state index contributed by atoms with van der Waals surface area (Å²) in [6.45, 7) is 7.01. The minimum Gasteiger partial charge on any atom is -0.366 e. The second kappa shape index (κ2) is 6.74. The van der Waals surface area contributed by atoms with E-state index >= 15 is 0 Å². The molecule has 1 aliphatic rings. The van der Waals surface area contributed by atoms with Crippen LogP contribution < -0.4 is 0 Å². The highest BCUT2D eigenvalue weighted by atomic mass is 79.9. The Labute approximate surface area is 113 Å². The van der Waals surface area contributed by atoms with Gasteiger partial charge in [0.05, 0.1) is 5.60 Å². The van der Waals surface area contributed by atoms with Crippen LogP contribution in [-0.2, 0) is 9.53 Å². The monoisotopic (exact) mass is 305 g/mol. The van der Waals surface area contributed by atoms with Crippen molar-refractivity contribution in [2.45, 2.75) is 58.1 Å². The number of carbonyl (C=O) groups is 1. The van der Waals surface area contributed by atoms with Gasteiger partial charge in [0, 0.05) is 17.9 Å². The lowest BCUT2D eigenvalue weighted by atomic mass is 10.1. The minimum absolute atomic E-state index is 0.131. The number of rotatable bonds is 3. The van der Waals surface area contributed by atoms with Crippen LogP contribution in [0.1, 0.15) is 46.5 Å². The van der Waals surface area contributed by atoms with Gasteiger partial charge in [-0.25, -0.2) is 0 Å². The average Bonchev–Trinajstić information content (AvgIpc) is 2.49. The highest BCUT2D eigenvalue weighted by molar-refractivity contribution is 9.09. The molecular weight excluding hydrogens is 282 g/mol. The summed E-state index contributed by atoms with van der Waals surface area (Å²) in [7, 11) is 0. The van der Waals surface area contributed by atoms with Crippen molar-refractivity contribution in [1.29, 1.82) is 0 Å². The number of nitrogens with zero attached hydrogens (tertiary/aromatic N) is 1. The highest BCUT2D eigenvalue weighted by Crippen LogP contribution is 2.19. The number of hydrogen-bond acceptors (Lipinski definition) is 2. The Hall–Kier alpha value is -0.0900. The molecule has 0 aromatic heterocycles. The van der Waals surface area contributed by atoms with Gasteiger partial charge in [-0.2, -0.15) is 0 Å². The van der Waals surface area contributed by atoms with Crippen LogP contribution in [0.2, 0.25) is 0 Å². The Kier molecular flexibility index (Phi) is 5.93. The Morgan fingerprint density at radius 2 is 2.06 bits per heavy atom. The van der Waals surface area contributed by atoms with Gasteiger partial charge in [-0.1, -0.05) is 28.8 Å². The van der Waals surface area contributed by atoms with Crippen LogP contribution in [0.3, 0.4) is 0 Å². The average molecular weight is 306 g/mol. The number of amides is 1. The zero-order chi connectivity index (χ0) is 12.9. The highest BCUT2D eigenvalue weighted by Gasteiger charge is 2.25. The molecule has 0 spiro atoms. The lowest BCUT2D eigenvalue weighted by Gasteiger charge is -2.30. The van der Waals surface area contributed by atoms with Crippen molar-refractivity contribution in [2.24, 2.45) is 0 Å². The van der Waals surface area contributed by atoms with Gasteiger partial charge >= 0.3 is 0 Å². The van der Waals surface area contributed by atoms with Gasteiger partial charge < -0.3 is 9.64 Å². The maximum absolute atomic E-state index is 12.1. The van der Waals surface area contributed by atoms with Crippen molar-refractivity contribution in [3.05, 3.63) is 0 Å². The predicted octanol–water partition coefficient (Wildman–Crippen LogP) is 2.97. The van der Waals surface area contributed by atoms with E-state index < -0.39 is 0 Å². The molecular formula is C13H24BrNO2. The summed E-state index contributed by atoms with van der Waals surface area (Å²) >= 11 is 3.51. The first-order valence-corrected chi connectivity index (χ1v) is 7.55. The van der Waals surface area contributed by atoms with Gasteiger partial charge in [-0.05, 0) is 33.6 Å². The van der Waals surface area contributed by atoms with E-state index in [4.69, 9.17) is 4.74 Å². The Morgan fingerprint density at radius 3 is 2.65 bits per heavy atom. The number of alkyl halides is 1. The fourth-order valence-electron chi connectivity index (χ4n) is 2.03. The van der Waals surface area contributed by atoms with E-state index in [0.717, 1.165) is 24.7 Å². The van der Waals surface area contributed by atoms with Crippen LogP contribution >= 0.6 is 15.9 Å². The number of ether oxygens (including phenoxy) is 1. The molecule has 0 aromatic carbocycles. The molecule has 1 rings (SSSR count). The normalized spacial score (nSPS) is 22.4. The summed E-state index contributed by atoms with van der Waals surface area (Å²) in [6, 6.07) is 0.341. The summed E-state index contributed by atoms with van der Waals surface area (Å²) in [5.41, 5.74) is -0.245. The number of carbonyl (C=O) groups excluding carboxylic acids is 1. The maximum atomic E-state index is 12.1. The molecule has 1 heterocycles. The number of halogens is 1. The van der Waals surface area contributed by atoms with E-state index in [1.807, 2.05) is 25.7 Å². The van der Waals surface area contributed by atoms with Gasteiger partial charge in [0.1, 0.15) is 6.61 Å². The quantitative estimate of drug-likeness (QED) is 0.750. The molecule has 0 bridgehead atoms. The molecule has 0 radical (unpaired) electrons. The number of likely N-dealkylation sites (tertiary alicyclic amines) is 1. The molecule has 1 unspecified atom stereocenters. The van der Waals surface area contributed by atoms with E-state index in [0.29, 0.717) is 6.04 Å². The van der Waals surface area contributed by atoms with Gasteiger partial charge in [-0.3, -0.25) is 4.79 Å². The molecule has 0 saturated carbocycles. The Balaban J connectivity index is 2.52. The van der Waals surface area contributed by atoms with Crippen LogP contribution in [-0.4, -0.2) is 40.9 Å². The van der Waals surface area contributed by atoms with Crippen molar-refractivity contribution in [3.63, 3.8) is 0 Å². The van der Waals surface area contributed by atoms with Crippen LogP contribution in [0.15, 0.2) is 0 Å². The third-order valence-corrected chi connectivity index (χ3v) is 3.75. The molecule has 0 N–H and O–H groups in total. The Bertz CT molecular complexity index is 250. The van der Waals surface area contributed by atoms with E-state index in [2.05, 4.69) is 15.9 Å². The number of hydrogen-bond donors (Lipinski definition) is 0. The maximum Gasteiger partial charge on any atom is 0.248 e. The molecule has 17 heavy (non-hydrogen) atoms. The SMILES string of the molecule is CC(C)(C)OCC(=O)N1CCCCCC1CBr. The molecule has 0 aromatic rings. The molecule has 1 saturated heterocycles. The molecule has 4 heteroatoms. The van der Waals surface area contributed by atoms with Crippen LogP contribution in [0, 0.1) is 0 Å². The molecule has 0 aliphatic carbocycles. The van der Waals surface area contributed by atoms with Crippen LogP contribution in [0.25, 0.3) is 0 Å². The summed E-state index contributed by atoms with van der Waals surface area (Å²) in [4.78, 5) is 14.1. The minimum atomic E-state index is -0.245. The van der Waals surface area contributed by atoms with E-state index in [-0.39, 0.29) is 18.1 Å². The van der Waals surface area contributed by atoms with Gasteiger partial charge in [0.25, 0.3) is 0 Å². The lowest BCUT2D eigenvalue weighted by Crippen LogP contribution is -2.44. The summed E-state index contributed by atoms with van der Waals surface area (Å²) in [6.07, 6.45) is 4.67. The molecule has 1 fully saturated rings. The van der Waals surface area contributed by atoms with Gasteiger partial charge in [0.2, 0.25) is 5.91 Å². The smallest absolute Gasteiger partial charge is 0.248 e. The van der Waals surface area contributed by atoms with Crippen LogP contribution in [0.5, 0.6) is 0 Å². The zero-order valence-electron chi connectivity index (χ0n) is 11.2. The fraction of sp³-hybridized carbons (Fsp3) is 0.923. The second-order valence-corrected chi connectivity index (χ2v) is 6.29. The molecule has 1 atom stereocenters. The lowest BCUT2D eigenvalue weighted by molar-refractivity contribution is -0.142. The van der Waals surface area contributed by atoms with E-state index in [1.165, 1.54) is 12.8 Å². The molecule has 100 valence electrons. The third kappa shape index (κ3) is 5.38. The molecule has 1 aliphatic heterocycles. The standard InChI is InChI=1S/C13H24BrNO2/c1-13(2,3)17-10-12(16)15-8-6-4-5-7-11(15)9-14/h11H,4-10H2,1-3H3. The zero-order valence-corrected chi connectivity index (χ0v) is 12.8. The first-order chi connectivity index (χ1) is 7.94. The van der Waals surface area contributed by atoms with Crippen molar-refractivity contribution in [3.8, 4) is 0 Å². The summed E-state index contributed by atoms with van der Waals surface area (Å²) < 4.78 is 5.57. The first kappa shape index (κ1) is 15.0. The summed E-state index contributed by atoms with van der Waals surface area (Å²) in [5.74, 6) is 0.131. The van der Waals surface area contributed by atoms with Crippen molar-refractivity contribution in [2.75, 3.05) is 18.5 Å². The topological polar surface area (TPSA) is 29.5 Å². The fourth-order valence-corrected chi connectivity index (χ4v) is 2.70. The Morgan fingerprint density at radius 1 is 1.35 bits per heavy atom. The van der Waals surface area contributed by atoms with Gasteiger partial charge in [0.15, 0.2) is 0 Å². The second-order valence-electron chi connectivity index (χ2n) is 5.65. The van der Waals surface area contributed by atoms with Crippen molar-refractivity contribution < 1.29 is 9.53 Å². The van der Waals surface area contributed by atoms with Gasteiger partial charge in [-0.15, -0.1) is 0 Å². The van der Waals surface area contributed by atoms with Crippen molar-refractivity contribution in [1.82, 2.24) is 4.90 Å². The van der Waals surface area contributed by atoms with Crippen LogP contribution in [0.4, 0.5) is 0 Å². The first-order valence-electron chi connectivity index (χ1n) is 6.43. The molecule has 1 amide bonds. The predicted molar refractivity (Wildman–Crippen MR) is 73.5 cm³/mol. The molecule has 3 nitrogen and oxygen atoms in total. The van der Waals surface area contributed by atoms with E-state index in [1.54, 1.807) is 0 Å². The van der Waals surface area contributed by atoms with E-state index in [9.17, 15) is 4.79 Å². The largest absolute Gasteiger partial charge is 0.366 e.